The molecule has 1 aromatic carbocycles. The molecule has 0 aliphatic rings. The number of benzene rings is 1. The molecule has 25 heavy (non-hydrogen) atoms. The number of hydrogen-bond donors (Lipinski definition) is 3. The van der Waals surface area contributed by atoms with Crippen LogP contribution in [0.1, 0.15) is 18.4 Å². The van der Waals surface area contributed by atoms with Crippen molar-refractivity contribution in [1.29, 1.82) is 0 Å². The molecule has 0 aliphatic heterocycles. The Morgan fingerprint density at radius 2 is 1.76 bits per heavy atom. The third-order valence-corrected chi connectivity index (χ3v) is 3.71. The molecule has 0 fully saturated rings. The van der Waals surface area contributed by atoms with E-state index < -0.39 is 0 Å². The van der Waals surface area contributed by atoms with E-state index in [0.29, 0.717) is 0 Å². The van der Waals surface area contributed by atoms with Gasteiger partial charge in [0.1, 0.15) is 11.6 Å². The average Bonchev–Trinajstić information content (AvgIpc) is 2.65. The third kappa shape index (κ3) is 7.65. The molecule has 0 unspecified atom stereocenters. The normalized spacial score (nSPS) is 11.2. The summed E-state index contributed by atoms with van der Waals surface area (Å²) in [6.07, 6.45) is 4.70. The van der Waals surface area contributed by atoms with Crippen LogP contribution in [0.2, 0.25) is 0 Å². The van der Waals surface area contributed by atoms with Crippen molar-refractivity contribution in [2.24, 2.45) is 4.99 Å². The van der Waals surface area contributed by atoms with E-state index in [1.54, 1.807) is 13.2 Å². The van der Waals surface area contributed by atoms with Crippen molar-refractivity contribution >= 4 is 11.8 Å². The lowest BCUT2D eigenvalue weighted by atomic mass is 10.1. The van der Waals surface area contributed by atoms with Gasteiger partial charge in [0.25, 0.3) is 0 Å². The van der Waals surface area contributed by atoms with Crippen molar-refractivity contribution in [3.63, 3.8) is 0 Å². The van der Waals surface area contributed by atoms with Crippen molar-refractivity contribution in [1.82, 2.24) is 15.6 Å². The monoisotopic (exact) mass is 343 g/mol. The minimum absolute atomic E-state index is 0.202. The number of halogens is 1. The van der Waals surface area contributed by atoms with Gasteiger partial charge in [-0.15, -0.1) is 0 Å². The van der Waals surface area contributed by atoms with Crippen LogP contribution in [0.4, 0.5) is 10.2 Å². The summed E-state index contributed by atoms with van der Waals surface area (Å²) in [5.41, 5.74) is 1.10. The number of rotatable bonds is 9. The summed E-state index contributed by atoms with van der Waals surface area (Å²) in [4.78, 5) is 8.43. The number of pyridine rings is 1. The molecular formula is C19H26FN5. The highest BCUT2D eigenvalue weighted by Crippen LogP contribution is 2.03. The summed E-state index contributed by atoms with van der Waals surface area (Å²) in [5, 5.41) is 9.86. The molecule has 0 saturated heterocycles. The van der Waals surface area contributed by atoms with Crippen molar-refractivity contribution in [2.75, 3.05) is 32.0 Å². The van der Waals surface area contributed by atoms with E-state index in [1.165, 1.54) is 12.1 Å². The molecule has 0 radical (unpaired) electrons. The van der Waals surface area contributed by atoms with Crippen LogP contribution in [0.25, 0.3) is 0 Å². The van der Waals surface area contributed by atoms with Crippen LogP contribution < -0.4 is 16.0 Å². The van der Waals surface area contributed by atoms with Gasteiger partial charge in [0, 0.05) is 32.9 Å². The summed E-state index contributed by atoms with van der Waals surface area (Å²) in [5.74, 6) is 1.50. The molecular weight excluding hydrogens is 317 g/mol. The Bertz CT molecular complexity index is 628. The zero-order valence-electron chi connectivity index (χ0n) is 14.6. The number of unbranched alkanes of at least 4 members (excludes halogenated alkanes) is 1. The summed E-state index contributed by atoms with van der Waals surface area (Å²) in [6, 6.07) is 12.4. The van der Waals surface area contributed by atoms with Gasteiger partial charge in [0.05, 0.1) is 0 Å². The molecule has 0 spiro atoms. The van der Waals surface area contributed by atoms with E-state index in [1.807, 2.05) is 30.3 Å². The number of hydrogen-bond acceptors (Lipinski definition) is 3. The highest BCUT2D eigenvalue weighted by atomic mass is 19.1. The maximum Gasteiger partial charge on any atom is 0.190 e. The molecule has 6 heteroatoms. The first-order valence-corrected chi connectivity index (χ1v) is 8.62. The van der Waals surface area contributed by atoms with Crippen molar-refractivity contribution in [2.45, 2.75) is 19.3 Å². The first-order chi connectivity index (χ1) is 12.3. The zero-order valence-corrected chi connectivity index (χ0v) is 14.6. The molecule has 0 amide bonds. The van der Waals surface area contributed by atoms with E-state index in [-0.39, 0.29) is 5.82 Å². The van der Waals surface area contributed by atoms with Crippen LogP contribution in [0.15, 0.2) is 53.7 Å². The lowest BCUT2D eigenvalue weighted by molar-refractivity contribution is 0.626. The predicted molar refractivity (Wildman–Crippen MR) is 101 cm³/mol. The van der Waals surface area contributed by atoms with Gasteiger partial charge < -0.3 is 16.0 Å². The van der Waals surface area contributed by atoms with Crippen molar-refractivity contribution in [3.05, 3.63) is 60.0 Å². The highest BCUT2D eigenvalue weighted by Gasteiger charge is 1.98. The number of nitrogens with zero attached hydrogens (tertiary/aromatic N) is 2. The quantitative estimate of drug-likeness (QED) is 0.372. The first kappa shape index (κ1) is 18.7. The zero-order chi connectivity index (χ0) is 17.7. The lowest BCUT2D eigenvalue weighted by Crippen LogP contribution is -2.38. The molecule has 0 atom stereocenters. The minimum Gasteiger partial charge on any atom is -0.370 e. The first-order valence-electron chi connectivity index (χ1n) is 8.62. The molecule has 1 heterocycles. The predicted octanol–water partition coefficient (Wildman–Crippen LogP) is 2.82. The molecule has 0 aliphatic carbocycles. The Labute approximate surface area is 148 Å². The van der Waals surface area contributed by atoms with Crippen LogP contribution in [-0.2, 0) is 6.42 Å². The summed E-state index contributed by atoms with van der Waals surface area (Å²) >= 11 is 0. The Balaban J connectivity index is 1.53. The van der Waals surface area contributed by atoms with E-state index in [0.717, 1.165) is 56.2 Å². The second kappa shape index (κ2) is 11.0. The van der Waals surface area contributed by atoms with E-state index in [9.17, 15) is 4.39 Å². The molecule has 0 saturated carbocycles. The van der Waals surface area contributed by atoms with Crippen molar-refractivity contribution in [3.8, 4) is 0 Å². The van der Waals surface area contributed by atoms with Crippen LogP contribution in [0.3, 0.4) is 0 Å². The van der Waals surface area contributed by atoms with Crippen LogP contribution in [-0.4, -0.2) is 37.6 Å². The maximum atomic E-state index is 12.9. The van der Waals surface area contributed by atoms with Gasteiger partial charge in [-0.3, -0.25) is 4.99 Å². The van der Waals surface area contributed by atoms with Crippen molar-refractivity contribution < 1.29 is 4.39 Å². The second-order valence-corrected chi connectivity index (χ2v) is 5.65. The van der Waals surface area contributed by atoms with Gasteiger partial charge in [0.2, 0.25) is 0 Å². The van der Waals surface area contributed by atoms with Gasteiger partial charge >= 0.3 is 0 Å². The fraction of sp³-hybridized carbons (Fsp3) is 0.368. The second-order valence-electron chi connectivity index (χ2n) is 5.65. The Morgan fingerprint density at radius 1 is 1.00 bits per heavy atom. The minimum atomic E-state index is -0.202. The molecule has 134 valence electrons. The largest absolute Gasteiger partial charge is 0.370 e. The summed E-state index contributed by atoms with van der Waals surface area (Å²) < 4.78 is 12.9. The average molecular weight is 343 g/mol. The fourth-order valence-electron chi connectivity index (χ4n) is 2.34. The molecule has 0 bridgehead atoms. The summed E-state index contributed by atoms with van der Waals surface area (Å²) in [7, 11) is 1.76. The molecule has 1 aromatic heterocycles. The number of aromatic nitrogens is 1. The van der Waals surface area contributed by atoms with Gasteiger partial charge in [-0.25, -0.2) is 9.37 Å². The van der Waals surface area contributed by atoms with Gasteiger partial charge in [0.15, 0.2) is 5.96 Å². The molecule has 5 nitrogen and oxygen atoms in total. The molecule has 2 aromatic rings. The number of anilines is 1. The van der Waals surface area contributed by atoms with E-state index in [2.05, 4.69) is 25.9 Å². The maximum absolute atomic E-state index is 12.9. The molecule has 2 rings (SSSR count). The van der Waals surface area contributed by atoms with Gasteiger partial charge in [-0.05, 0) is 49.1 Å². The van der Waals surface area contributed by atoms with E-state index in [4.69, 9.17) is 0 Å². The SMILES string of the molecule is CN=C(NCCCCNc1ccccn1)NCCc1ccc(F)cc1. The number of nitrogens with one attached hydrogen (secondary N) is 3. The Hall–Kier alpha value is -2.63. The lowest BCUT2D eigenvalue weighted by Gasteiger charge is -2.12. The fourth-order valence-corrected chi connectivity index (χ4v) is 2.34. The standard InChI is InChI=1S/C19H26FN5/c1-21-19(25-15-11-16-7-9-17(20)10-8-16)24-14-5-4-13-23-18-6-2-3-12-22-18/h2-3,6-10,12H,4-5,11,13-15H2,1H3,(H,22,23)(H2,21,24,25). The van der Waals surface area contributed by atoms with Crippen LogP contribution in [0.5, 0.6) is 0 Å². The summed E-state index contributed by atoms with van der Waals surface area (Å²) in [6.45, 7) is 2.52. The highest BCUT2D eigenvalue weighted by molar-refractivity contribution is 5.79. The smallest absolute Gasteiger partial charge is 0.190 e. The van der Waals surface area contributed by atoms with Crippen LogP contribution >= 0.6 is 0 Å². The number of guanidine groups is 1. The number of aliphatic imine (C=N–C) groups is 1. The molecule has 3 N–H and O–H groups in total. The van der Waals surface area contributed by atoms with Crippen LogP contribution in [0, 0.1) is 5.82 Å². The van der Waals surface area contributed by atoms with E-state index >= 15 is 0 Å². The van der Waals surface area contributed by atoms with Gasteiger partial charge in [-0.2, -0.15) is 0 Å². The Kier molecular flexibility index (Phi) is 8.24. The topological polar surface area (TPSA) is 61.3 Å². The van der Waals surface area contributed by atoms with Gasteiger partial charge in [-0.1, -0.05) is 18.2 Å². The Morgan fingerprint density at radius 3 is 2.48 bits per heavy atom. The third-order valence-electron chi connectivity index (χ3n) is 3.71.